The van der Waals surface area contributed by atoms with E-state index in [0.717, 1.165) is 5.56 Å². The van der Waals surface area contributed by atoms with Crippen molar-refractivity contribution in [1.29, 1.82) is 0 Å². The molecule has 2 aromatic carbocycles. The first kappa shape index (κ1) is 13.8. The minimum absolute atomic E-state index is 0.0938. The van der Waals surface area contributed by atoms with Crippen molar-refractivity contribution in [2.24, 2.45) is 0 Å². The van der Waals surface area contributed by atoms with Crippen LogP contribution in [0, 0.1) is 6.92 Å². The Kier molecular flexibility index (Phi) is 3.47. The zero-order chi connectivity index (χ0) is 15.0. The Morgan fingerprint density at radius 3 is 2.52 bits per heavy atom. The third kappa shape index (κ3) is 2.43. The molecule has 1 heterocycles. The van der Waals surface area contributed by atoms with Gasteiger partial charge >= 0.3 is 0 Å². The van der Waals surface area contributed by atoms with Crippen LogP contribution in [0.5, 0.6) is 5.75 Å². The predicted octanol–water partition coefficient (Wildman–Crippen LogP) is 4.40. The molecular weight excluding hydrogens is 284 g/mol. The lowest BCUT2D eigenvalue weighted by Crippen LogP contribution is -2.01. The van der Waals surface area contributed by atoms with Crippen molar-refractivity contribution >= 4 is 28.5 Å². The molecule has 4 heteroatoms. The Morgan fingerprint density at radius 1 is 1.14 bits per heavy atom. The molecule has 0 spiro atoms. The maximum atomic E-state index is 12.8. The number of aryl methyl sites for hydroxylation is 1. The largest absolute Gasteiger partial charge is 0.508 e. The number of phenolic OH excluding ortho intramolecular Hbond substituents is 1. The molecule has 0 unspecified atom stereocenters. The van der Waals surface area contributed by atoms with Crippen molar-refractivity contribution in [3.8, 4) is 5.75 Å². The molecular formula is C17H14O3S. The molecule has 21 heavy (non-hydrogen) atoms. The highest BCUT2D eigenvalue weighted by molar-refractivity contribution is 7.98. The number of thioether (sulfide) groups is 1. The van der Waals surface area contributed by atoms with E-state index in [1.807, 2.05) is 37.4 Å². The van der Waals surface area contributed by atoms with Crippen LogP contribution in [-0.4, -0.2) is 17.1 Å². The summed E-state index contributed by atoms with van der Waals surface area (Å²) in [6.07, 6.45) is 1.86. The summed E-state index contributed by atoms with van der Waals surface area (Å²) in [4.78, 5) is 12.8. The Hall–Kier alpha value is -2.20. The molecule has 0 saturated carbocycles. The molecule has 1 aromatic heterocycles. The predicted molar refractivity (Wildman–Crippen MR) is 84.3 cm³/mol. The molecule has 0 aliphatic carbocycles. The molecule has 0 radical (unpaired) electrons. The first-order valence-corrected chi connectivity index (χ1v) is 7.73. The highest BCUT2D eigenvalue weighted by Crippen LogP contribution is 2.35. The van der Waals surface area contributed by atoms with Gasteiger partial charge in [0.1, 0.15) is 11.3 Å². The smallest absolute Gasteiger partial charge is 0.198 e. The molecule has 0 atom stereocenters. The Labute approximate surface area is 126 Å². The number of carbonyl (C=O) groups excluding carboxylic acids is 1. The van der Waals surface area contributed by atoms with Gasteiger partial charge in [-0.1, -0.05) is 41.6 Å². The van der Waals surface area contributed by atoms with Gasteiger partial charge in [-0.2, -0.15) is 0 Å². The molecule has 0 aliphatic heterocycles. The standard InChI is InChI=1S/C17H14O3S/c1-10-3-5-11(6-4-10)16(19)15-13-9-12(18)7-8-14(13)20-17(15)21-2/h3-9,18H,1-2H3. The minimum Gasteiger partial charge on any atom is -0.508 e. The monoisotopic (exact) mass is 298 g/mol. The SMILES string of the molecule is CSc1oc2ccc(O)cc2c1C(=O)c1ccc(C)cc1. The average Bonchev–Trinajstić information content (AvgIpc) is 2.85. The van der Waals surface area contributed by atoms with Crippen molar-refractivity contribution in [3.63, 3.8) is 0 Å². The lowest BCUT2D eigenvalue weighted by Gasteiger charge is -2.02. The summed E-state index contributed by atoms with van der Waals surface area (Å²) in [6.45, 7) is 1.98. The number of ketones is 1. The second kappa shape index (κ2) is 5.30. The van der Waals surface area contributed by atoms with E-state index < -0.39 is 0 Å². The van der Waals surface area contributed by atoms with Crippen LogP contribution in [0.25, 0.3) is 11.0 Å². The number of benzene rings is 2. The van der Waals surface area contributed by atoms with Crippen molar-refractivity contribution in [3.05, 3.63) is 59.2 Å². The number of phenols is 1. The molecule has 106 valence electrons. The van der Waals surface area contributed by atoms with E-state index in [1.165, 1.54) is 11.8 Å². The van der Waals surface area contributed by atoms with Gasteiger partial charge in [-0.15, -0.1) is 0 Å². The number of aromatic hydroxyl groups is 1. The van der Waals surface area contributed by atoms with Gasteiger partial charge in [-0.3, -0.25) is 4.79 Å². The van der Waals surface area contributed by atoms with Crippen LogP contribution in [0.1, 0.15) is 21.5 Å². The summed E-state index contributed by atoms with van der Waals surface area (Å²) in [5, 5.41) is 10.9. The Bertz CT molecular complexity index is 816. The molecule has 0 saturated heterocycles. The van der Waals surface area contributed by atoms with Crippen LogP contribution in [0.3, 0.4) is 0 Å². The zero-order valence-corrected chi connectivity index (χ0v) is 12.5. The second-order valence-corrected chi connectivity index (χ2v) is 5.62. The van der Waals surface area contributed by atoms with Crippen LogP contribution in [0.4, 0.5) is 0 Å². The number of rotatable bonds is 3. The summed E-state index contributed by atoms with van der Waals surface area (Å²) in [6, 6.07) is 12.2. The van der Waals surface area contributed by atoms with Crippen molar-refractivity contribution in [2.75, 3.05) is 6.26 Å². The van der Waals surface area contributed by atoms with Crippen LogP contribution in [-0.2, 0) is 0 Å². The van der Waals surface area contributed by atoms with Gasteiger partial charge in [0.2, 0.25) is 0 Å². The quantitative estimate of drug-likeness (QED) is 0.575. The maximum Gasteiger partial charge on any atom is 0.198 e. The van der Waals surface area contributed by atoms with Crippen molar-refractivity contribution in [2.45, 2.75) is 12.0 Å². The van der Waals surface area contributed by atoms with Crippen LogP contribution < -0.4 is 0 Å². The van der Waals surface area contributed by atoms with Gasteiger partial charge in [-0.05, 0) is 31.4 Å². The molecule has 0 fully saturated rings. The van der Waals surface area contributed by atoms with E-state index in [1.54, 1.807) is 18.2 Å². The lowest BCUT2D eigenvalue weighted by atomic mass is 10.0. The molecule has 1 N–H and O–H groups in total. The highest BCUT2D eigenvalue weighted by atomic mass is 32.2. The van der Waals surface area contributed by atoms with E-state index in [-0.39, 0.29) is 11.5 Å². The van der Waals surface area contributed by atoms with E-state index in [4.69, 9.17) is 4.42 Å². The Balaban J connectivity index is 2.20. The average molecular weight is 298 g/mol. The lowest BCUT2D eigenvalue weighted by molar-refractivity contribution is 0.103. The summed E-state index contributed by atoms with van der Waals surface area (Å²) < 4.78 is 5.70. The van der Waals surface area contributed by atoms with Crippen LogP contribution in [0.2, 0.25) is 0 Å². The number of fused-ring (bicyclic) bond motifs is 1. The third-order valence-corrected chi connectivity index (χ3v) is 4.02. The molecule has 3 nitrogen and oxygen atoms in total. The first-order chi connectivity index (χ1) is 10.1. The van der Waals surface area contributed by atoms with E-state index >= 15 is 0 Å². The fourth-order valence-corrected chi connectivity index (χ4v) is 2.85. The number of furan rings is 1. The van der Waals surface area contributed by atoms with Gasteiger partial charge in [0.05, 0.1) is 5.56 Å². The topological polar surface area (TPSA) is 50.4 Å². The van der Waals surface area contributed by atoms with E-state index in [9.17, 15) is 9.90 Å². The fraction of sp³-hybridized carbons (Fsp3) is 0.118. The van der Waals surface area contributed by atoms with Gasteiger partial charge < -0.3 is 9.52 Å². The number of hydrogen-bond acceptors (Lipinski definition) is 4. The molecule has 3 rings (SSSR count). The highest BCUT2D eigenvalue weighted by Gasteiger charge is 2.21. The molecule has 3 aromatic rings. The third-order valence-electron chi connectivity index (χ3n) is 3.37. The van der Waals surface area contributed by atoms with E-state index in [2.05, 4.69) is 0 Å². The van der Waals surface area contributed by atoms with E-state index in [0.29, 0.717) is 27.2 Å². The zero-order valence-electron chi connectivity index (χ0n) is 11.7. The molecule has 0 aliphatic rings. The summed E-state index contributed by atoms with van der Waals surface area (Å²) in [5.74, 6) is 0.0256. The molecule has 0 amide bonds. The van der Waals surface area contributed by atoms with Gasteiger partial charge in [0.25, 0.3) is 0 Å². The fourth-order valence-electron chi connectivity index (χ4n) is 2.27. The van der Waals surface area contributed by atoms with Crippen LogP contribution in [0.15, 0.2) is 52.0 Å². The maximum absolute atomic E-state index is 12.8. The van der Waals surface area contributed by atoms with Crippen molar-refractivity contribution in [1.82, 2.24) is 0 Å². The van der Waals surface area contributed by atoms with Gasteiger partial charge in [-0.25, -0.2) is 0 Å². The van der Waals surface area contributed by atoms with Crippen molar-refractivity contribution < 1.29 is 14.3 Å². The minimum atomic E-state index is -0.0938. The first-order valence-electron chi connectivity index (χ1n) is 6.51. The second-order valence-electron chi connectivity index (χ2n) is 4.84. The van der Waals surface area contributed by atoms with Gasteiger partial charge in [0, 0.05) is 10.9 Å². The number of hydrogen-bond donors (Lipinski definition) is 1. The summed E-state index contributed by atoms with van der Waals surface area (Å²) in [7, 11) is 0. The summed E-state index contributed by atoms with van der Waals surface area (Å²) in [5.41, 5.74) is 2.83. The molecule has 0 bridgehead atoms. The van der Waals surface area contributed by atoms with Gasteiger partial charge in [0.15, 0.2) is 10.9 Å². The van der Waals surface area contributed by atoms with Crippen LogP contribution >= 0.6 is 11.8 Å². The number of carbonyl (C=O) groups is 1. The normalized spacial score (nSPS) is 11.0. The summed E-state index contributed by atoms with van der Waals surface area (Å²) >= 11 is 1.38. The Morgan fingerprint density at radius 2 is 1.86 bits per heavy atom.